The van der Waals surface area contributed by atoms with Gasteiger partial charge in [-0.1, -0.05) is 206 Å². The third-order valence-corrected chi connectivity index (χ3v) is 17.6. The van der Waals surface area contributed by atoms with Crippen LogP contribution in [0.25, 0.3) is 0 Å². The van der Waals surface area contributed by atoms with E-state index in [4.69, 9.17) is 24.5 Å². The van der Waals surface area contributed by atoms with Crippen LogP contribution in [0.15, 0.2) is 17.1 Å². The van der Waals surface area contributed by atoms with E-state index in [0.29, 0.717) is 13.2 Å². The van der Waals surface area contributed by atoms with Gasteiger partial charge in [-0.15, -0.1) is 0 Å². The lowest BCUT2D eigenvalue weighted by atomic mass is 10.0. The molecule has 66 heavy (non-hydrogen) atoms. The van der Waals surface area contributed by atoms with Crippen molar-refractivity contribution in [3.8, 4) is 0 Å². The molecule has 1 aromatic rings. The van der Waals surface area contributed by atoms with Gasteiger partial charge in [-0.25, -0.2) is 4.79 Å². The molecule has 1 aromatic heterocycles. The Morgan fingerprint density at radius 2 is 1.09 bits per heavy atom. The molecule has 388 valence electrons. The molecule has 1 aliphatic heterocycles. The van der Waals surface area contributed by atoms with Crippen LogP contribution in [0.3, 0.4) is 0 Å². The zero-order valence-corrected chi connectivity index (χ0v) is 43.4. The average molecular weight is 978 g/mol. The van der Waals surface area contributed by atoms with Crippen molar-refractivity contribution < 1.29 is 47.9 Å². The maximum absolute atomic E-state index is 13.3. The summed E-state index contributed by atoms with van der Waals surface area (Å²) >= 11 is 0. The number of nitrogens with two attached hydrogens (primary N) is 1. The number of hydrogen-bond acceptors (Lipinski definition) is 11. The Morgan fingerprint density at radius 1 is 0.667 bits per heavy atom. The molecular weight excluding hydrogens is 881 g/mol. The smallest absolute Gasteiger partial charge is 0.351 e. The van der Waals surface area contributed by atoms with Gasteiger partial charge < -0.3 is 44.5 Å². The van der Waals surface area contributed by atoms with Crippen LogP contribution in [-0.4, -0.2) is 92.5 Å². The van der Waals surface area contributed by atoms with Crippen molar-refractivity contribution in [2.45, 2.75) is 256 Å². The molecule has 16 heteroatoms. The van der Waals surface area contributed by atoms with Gasteiger partial charge in [0.1, 0.15) is 30.0 Å². The molecule has 1 saturated heterocycles. The topological polar surface area (TPSA) is 213 Å². The van der Waals surface area contributed by atoms with E-state index >= 15 is 0 Å². The van der Waals surface area contributed by atoms with Crippen LogP contribution in [0, 0.1) is 0 Å². The standard InChI is InChI=1S/C50H97N3O11P2/c1-3-5-7-9-11-13-15-17-19-21-23-25-27-29-31-33-38-61-41-44(62-39-34-32-30-28-26-24-22-20-18-16-14-12-10-8-6-4-2)36-40-65(57,58)43-66(59,60)63-42-45-47(54)48(55)49(64-45)53-37-35-46(51)52-50(53)56/h35,37,44-45,47-49,54-55H,3-34,36,38-43H2,1-2H3,(H,57,58)(H,59,60)(H2,51,52,56)/t44-,45-,47+,48+,49-/m1/s1. The highest BCUT2D eigenvalue weighted by Crippen LogP contribution is 2.58. The van der Waals surface area contributed by atoms with Gasteiger partial charge in [0.25, 0.3) is 0 Å². The van der Waals surface area contributed by atoms with E-state index in [2.05, 4.69) is 18.8 Å². The van der Waals surface area contributed by atoms with Crippen LogP contribution in [0.1, 0.15) is 232 Å². The third kappa shape index (κ3) is 30.4. The van der Waals surface area contributed by atoms with Crippen molar-refractivity contribution in [1.29, 1.82) is 0 Å². The molecule has 1 fully saturated rings. The van der Waals surface area contributed by atoms with Gasteiger partial charge in [0.05, 0.1) is 19.3 Å². The van der Waals surface area contributed by atoms with Crippen LogP contribution in [-0.2, 0) is 27.9 Å². The van der Waals surface area contributed by atoms with E-state index in [9.17, 15) is 33.9 Å². The lowest BCUT2D eigenvalue weighted by molar-refractivity contribution is -0.0523. The highest BCUT2D eigenvalue weighted by Gasteiger charge is 2.45. The molecule has 2 rings (SSSR count). The maximum atomic E-state index is 13.3. The molecule has 0 saturated carbocycles. The zero-order chi connectivity index (χ0) is 48.1. The van der Waals surface area contributed by atoms with Crippen molar-refractivity contribution in [3.05, 3.63) is 22.7 Å². The van der Waals surface area contributed by atoms with Gasteiger partial charge in [-0.2, -0.15) is 4.98 Å². The number of anilines is 1. The number of hydrogen-bond donors (Lipinski definition) is 5. The number of nitrogen functional groups attached to an aromatic ring is 1. The molecule has 0 spiro atoms. The fourth-order valence-electron chi connectivity index (χ4n) is 8.72. The number of ether oxygens (including phenoxy) is 3. The number of aliphatic hydroxyl groups is 2. The predicted octanol–water partition coefficient (Wildman–Crippen LogP) is 12.2. The van der Waals surface area contributed by atoms with Gasteiger partial charge in [0, 0.05) is 25.6 Å². The molecule has 7 atom stereocenters. The number of unbranched alkanes of at least 4 members (excludes halogenated alkanes) is 30. The Morgan fingerprint density at radius 3 is 1.53 bits per heavy atom. The van der Waals surface area contributed by atoms with Crippen molar-refractivity contribution in [1.82, 2.24) is 9.55 Å². The Hall–Kier alpha value is -1.18. The third-order valence-electron chi connectivity index (χ3n) is 12.9. The van der Waals surface area contributed by atoms with Gasteiger partial charge in [-0.3, -0.25) is 13.7 Å². The van der Waals surface area contributed by atoms with Gasteiger partial charge in [0.15, 0.2) is 6.23 Å². The Bertz CT molecular complexity index is 1470. The lowest BCUT2D eigenvalue weighted by Crippen LogP contribution is -2.36. The minimum absolute atomic E-state index is 0.0368. The van der Waals surface area contributed by atoms with Crippen molar-refractivity contribution >= 4 is 20.8 Å². The molecule has 0 bridgehead atoms. The summed E-state index contributed by atoms with van der Waals surface area (Å²) in [6.45, 7) is 5.23. The van der Waals surface area contributed by atoms with E-state index in [1.165, 1.54) is 186 Å². The molecule has 0 aromatic carbocycles. The number of aromatic nitrogens is 2. The summed E-state index contributed by atoms with van der Waals surface area (Å²) in [6, 6.07) is 1.32. The summed E-state index contributed by atoms with van der Waals surface area (Å²) in [5.74, 6) is -1.03. The highest BCUT2D eigenvalue weighted by molar-refractivity contribution is 7.73. The number of nitrogens with zero attached hydrogens (tertiary/aromatic N) is 2. The molecule has 2 unspecified atom stereocenters. The first-order valence-electron chi connectivity index (χ1n) is 26.7. The van der Waals surface area contributed by atoms with E-state index < -0.39 is 63.8 Å². The minimum Gasteiger partial charge on any atom is -0.387 e. The first-order valence-corrected chi connectivity index (χ1v) is 30.5. The second-order valence-electron chi connectivity index (χ2n) is 19.2. The van der Waals surface area contributed by atoms with Crippen molar-refractivity contribution in [3.63, 3.8) is 0 Å². The van der Waals surface area contributed by atoms with Crippen molar-refractivity contribution in [2.75, 3.05) is 44.2 Å². The summed E-state index contributed by atoms with van der Waals surface area (Å²) in [5, 5.41) is 21.0. The minimum atomic E-state index is -4.65. The van der Waals surface area contributed by atoms with Crippen LogP contribution in [0.5, 0.6) is 0 Å². The lowest BCUT2D eigenvalue weighted by Gasteiger charge is -2.22. The normalized spacial score (nSPS) is 19.8. The molecule has 0 aliphatic carbocycles. The van der Waals surface area contributed by atoms with Gasteiger partial charge in [-0.05, 0) is 25.3 Å². The van der Waals surface area contributed by atoms with Crippen LogP contribution < -0.4 is 11.4 Å². The maximum Gasteiger partial charge on any atom is 0.351 e. The average Bonchev–Trinajstić information content (AvgIpc) is 3.56. The molecular formula is C50H97N3O11P2. The van der Waals surface area contributed by atoms with Crippen LogP contribution in [0.2, 0.25) is 0 Å². The molecule has 6 N–H and O–H groups in total. The summed E-state index contributed by atoms with van der Waals surface area (Å²) < 4.78 is 50.2. The summed E-state index contributed by atoms with van der Waals surface area (Å²) in [4.78, 5) is 37.3. The largest absolute Gasteiger partial charge is 0.387 e. The molecule has 2 heterocycles. The first-order chi connectivity index (χ1) is 31.9. The Balaban J connectivity index is 1.70. The van der Waals surface area contributed by atoms with E-state index in [1.807, 2.05) is 0 Å². The predicted molar refractivity (Wildman–Crippen MR) is 268 cm³/mol. The Labute approximate surface area is 400 Å². The summed E-state index contributed by atoms with van der Waals surface area (Å²) in [7, 11) is -8.82. The summed E-state index contributed by atoms with van der Waals surface area (Å²) in [6.07, 6.45) is 36.2. The Kier molecular flexibility index (Phi) is 35.6. The highest BCUT2D eigenvalue weighted by atomic mass is 31.2. The molecule has 1 aliphatic rings. The first kappa shape index (κ1) is 60.9. The fraction of sp³-hybridized carbons (Fsp3) is 0.920. The molecule has 0 amide bonds. The van der Waals surface area contributed by atoms with Gasteiger partial charge in [0.2, 0.25) is 7.37 Å². The monoisotopic (exact) mass is 978 g/mol. The van der Waals surface area contributed by atoms with Crippen LogP contribution >= 0.6 is 15.0 Å². The second kappa shape index (κ2) is 38.6. The number of rotatable bonds is 46. The van der Waals surface area contributed by atoms with Crippen LogP contribution in [0.4, 0.5) is 5.82 Å². The second-order valence-corrected chi connectivity index (χ2v) is 24.0. The quantitative estimate of drug-likeness (QED) is 0.0304. The zero-order valence-electron chi connectivity index (χ0n) is 41.6. The summed E-state index contributed by atoms with van der Waals surface area (Å²) in [5.41, 5.74) is 4.72. The van der Waals surface area contributed by atoms with Crippen molar-refractivity contribution in [2.24, 2.45) is 0 Å². The SMILES string of the molecule is CCCCCCCCCCCCCCCCCCOC[C@@H](CCP(=O)(O)CP(=O)(O)OC[C@H]1O[C@@H](n2ccc(N)nc2=O)[C@@H](O)[C@H]1O)OCCCCCCCCCCCCCCCCCC. The van der Waals surface area contributed by atoms with Gasteiger partial charge >= 0.3 is 13.3 Å². The molecule has 0 radical (unpaired) electrons. The molecule has 14 nitrogen and oxygen atoms in total. The van der Waals surface area contributed by atoms with E-state index in [1.54, 1.807) is 0 Å². The number of aliphatic hydroxyl groups excluding tert-OH is 2. The fourth-order valence-corrected chi connectivity index (χ4v) is 12.9. The van der Waals surface area contributed by atoms with E-state index in [-0.39, 0.29) is 25.0 Å². The van der Waals surface area contributed by atoms with E-state index in [0.717, 1.165) is 36.7 Å².